The largest absolute Gasteiger partial charge is 0.456 e. The van der Waals surface area contributed by atoms with Gasteiger partial charge in [0.05, 0.1) is 22.3 Å². The summed E-state index contributed by atoms with van der Waals surface area (Å²) in [6.07, 6.45) is 0. The van der Waals surface area contributed by atoms with E-state index in [1.807, 2.05) is 0 Å². The van der Waals surface area contributed by atoms with E-state index in [0.29, 0.717) is 5.75 Å². The Morgan fingerprint density at radius 1 is 0.585 bits per heavy atom. The van der Waals surface area contributed by atoms with Crippen LogP contribution in [0.15, 0.2) is 91.0 Å². The Bertz CT molecular complexity index is 1670. The van der Waals surface area contributed by atoms with Gasteiger partial charge in [-0.25, -0.2) is 24.2 Å². The van der Waals surface area contributed by atoms with Gasteiger partial charge in [-0.2, -0.15) is 0 Å². The summed E-state index contributed by atoms with van der Waals surface area (Å²) in [7, 11) is 0. The van der Waals surface area contributed by atoms with E-state index in [9.17, 15) is 19.2 Å². The smallest absolute Gasteiger partial charge is 0.386 e. The molecule has 4 aromatic carbocycles. The van der Waals surface area contributed by atoms with Gasteiger partial charge < -0.3 is 4.74 Å². The van der Waals surface area contributed by atoms with Gasteiger partial charge in [-0.15, -0.1) is 0 Å². The molecule has 0 radical (unpaired) electrons. The molecule has 4 aromatic rings. The van der Waals surface area contributed by atoms with Crippen LogP contribution in [0, 0.1) is 0 Å². The van der Waals surface area contributed by atoms with E-state index in [-0.39, 0.29) is 44.7 Å². The first-order valence-electron chi connectivity index (χ1n) is 12.6. The monoisotopic (exact) mass is 552 g/mol. The quantitative estimate of drug-likeness (QED) is 0.120. The second kappa shape index (κ2) is 11.0. The molecule has 5 rings (SSSR count). The number of benzene rings is 4. The van der Waals surface area contributed by atoms with Gasteiger partial charge in [0.25, 0.3) is 0 Å². The van der Waals surface area contributed by atoms with Crippen molar-refractivity contribution in [2.24, 2.45) is 0 Å². The maximum absolute atomic E-state index is 13.5. The molecule has 0 spiro atoms. The minimum absolute atomic E-state index is 0.0116. The zero-order valence-corrected chi connectivity index (χ0v) is 22.3. The standard InChI is InChI=1S/C32H24O9/c1-32(2,3)37-30(35)24-15-13-20(28(33)25-16-14-21-18-27(25)39-38-21)17-26(24)22-11-7-8-12-23(22)31(36)41-40-29(34)19-9-5-4-6-10-19/h4-18H,1-3H3. The molecule has 0 saturated heterocycles. The Kier molecular flexibility index (Phi) is 7.26. The molecule has 1 aliphatic rings. The van der Waals surface area contributed by atoms with Crippen molar-refractivity contribution in [3.05, 3.63) is 119 Å². The Morgan fingerprint density at radius 2 is 1.24 bits per heavy atom. The third-order valence-corrected chi connectivity index (χ3v) is 5.97. The summed E-state index contributed by atoms with van der Waals surface area (Å²) < 4.78 is 5.60. The van der Waals surface area contributed by atoms with Gasteiger partial charge in [-0.05, 0) is 74.4 Å². The fraction of sp³-hybridized carbons (Fsp3) is 0.125. The van der Waals surface area contributed by atoms with Crippen molar-refractivity contribution in [2.75, 3.05) is 0 Å². The highest BCUT2D eigenvalue weighted by molar-refractivity contribution is 6.13. The average Bonchev–Trinajstić information content (AvgIpc) is 3.34. The molecule has 0 atom stereocenters. The first-order chi connectivity index (χ1) is 19.6. The summed E-state index contributed by atoms with van der Waals surface area (Å²) in [6, 6.07) is 23.5. The third-order valence-electron chi connectivity index (χ3n) is 5.97. The van der Waals surface area contributed by atoms with Crippen LogP contribution in [-0.2, 0) is 14.5 Å². The van der Waals surface area contributed by atoms with Crippen molar-refractivity contribution in [2.45, 2.75) is 26.4 Å². The van der Waals surface area contributed by atoms with Crippen molar-refractivity contribution >= 4 is 23.7 Å². The van der Waals surface area contributed by atoms with Crippen molar-refractivity contribution in [3.8, 4) is 22.6 Å². The van der Waals surface area contributed by atoms with E-state index in [1.165, 1.54) is 36.4 Å². The van der Waals surface area contributed by atoms with Crippen LogP contribution in [0.3, 0.4) is 0 Å². The van der Waals surface area contributed by atoms with Gasteiger partial charge in [0, 0.05) is 11.6 Å². The van der Waals surface area contributed by atoms with Gasteiger partial charge in [-0.3, -0.25) is 14.6 Å². The van der Waals surface area contributed by atoms with Crippen LogP contribution in [0.4, 0.5) is 0 Å². The minimum atomic E-state index is -0.980. The van der Waals surface area contributed by atoms with Crippen LogP contribution in [0.5, 0.6) is 11.5 Å². The molecule has 9 nitrogen and oxygen atoms in total. The number of esters is 1. The fourth-order valence-corrected chi connectivity index (χ4v) is 4.12. The van der Waals surface area contributed by atoms with E-state index in [4.69, 9.17) is 24.3 Å². The third kappa shape index (κ3) is 5.94. The highest BCUT2D eigenvalue weighted by Gasteiger charge is 2.27. The molecule has 0 saturated carbocycles. The van der Waals surface area contributed by atoms with Gasteiger partial charge in [-0.1, -0.05) is 42.5 Å². The zero-order valence-electron chi connectivity index (χ0n) is 22.3. The van der Waals surface area contributed by atoms with Gasteiger partial charge in [0.2, 0.25) is 0 Å². The van der Waals surface area contributed by atoms with Crippen LogP contribution in [-0.4, -0.2) is 29.3 Å². The van der Waals surface area contributed by atoms with Crippen LogP contribution < -0.4 is 9.78 Å². The minimum Gasteiger partial charge on any atom is -0.456 e. The SMILES string of the molecule is CC(C)(C)OC(=O)c1ccc(C(=O)c2ccc3cc2OO3)cc1-c1ccccc1C(=O)OOC(=O)c1ccccc1. The maximum atomic E-state index is 13.5. The number of carbonyl (C=O) groups is 4. The van der Waals surface area contributed by atoms with E-state index in [0.717, 1.165) is 0 Å². The highest BCUT2D eigenvalue weighted by atomic mass is 17.2. The number of rotatable bonds is 6. The molecule has 0 aromatic heterocycles. The van der Waals surface area contributed by atoms with Crippen molar-refractivity contribution in [1.82, 2.24) is 0 Å². The lowest BCUT2D eigenvalue weighted by Crippen LogP contribution is -2.24. The van der Waals surface area contributed by atoms with E-state index in [2.05, 4.69) is 0 Å². The Hall–Kier alpha value is -5.44. The first kappa shape index (κ1) is 27.1. The number of carbonyl (C=O) groups excluding carboxylic acids is 4. The number of hydrogen-bond donors (Lipinski definition) is 0. The topological polar surface area (TPSA) is 114 Å². The molecule has 0 N–H and O–H groups in total. The van der Waals surface area contributed by atoms with Gasteiger partial charge in [0.15, 0.2) is 17.3 Å². The summed E-state index contributed by atoms with van der Waals surface area (Å²) in [6.45, 7) is 5.18. The molecule has 1 heterocycles. The fourth-order valence-electron chi connectivity index (χ4n) is 4.12. The van der Waals surface area contributed by atoms with Gasteiger partial charge >= 0.3 is 17.9 Å². The zero-order chi connectivity index (χ0) is 29.1. The maximum Gasteiger partial charge on any atom is 0.386 e. The second-order valence-corrected chi connectivity index (χ2v) is 10.1. The van der Waals surface area contributed by atoms with Crippen LogP contribution in [0.1, 0.15) is 67.8 Å². The molecule has 0 fully saturated rings. The molecule has 9 heteroatoms. The Morgan fingerprint density at radius 3 is 2.00 bits per heavy atom. The number of hydrogen-bond acceptors (Lipinski definition) is 9. The van der Waals surface area contributed by atoms with E-state index < -0.39 is 29.3 Å². The van der Waals surface area contributed by atoms with Crippen LogP contribution in [0.25, 0.3) is 11.1 Å². The second-order valence-electron chi connectivity index (χ2n) is 10.1. The summed E-state index contributed by atoms with van der Waals surface area (Å²) in [5, 5.41) is 0. The number of fused-ring (bicyclic) bond motifs is 2. The normalized spacial score (nSPS) is 11.6. The van der Waals surface area contributed by atoms with Gasteiger partial charge in [0.1, 0.15) is 5.60 Å². The van der Waals surface area contributed by atoms with Crippen molar-refractivity contribution in [1.29, 1.82) is 0 Å². The molecule has 41 heavy (non-hydrogen) atoms. The predicted octanol–water partition coefficient (Wildman–Crippen LogP) is 6.15. The highest BCUT2D eigenvalue weighted by Crippen LogP contribution is 2.35. The molecular weight excluding hydrogens is 528 g/mol. The van der Waals surface area contributed by atoms with Crippen molar-refractivity contribution < 1.29 is 43.5 Å². The van der Waals surface area contributed by atoms with E-state index in [1.54, 1.807) is 75.4 Å². The number of ketones is 1. The first-order valence-corrected chi connectivity index (χ1v) is 12.6. The predicted molar refractivity (Wildman–Crippen MR) is 145 cm³/mol. The Balaban J connectivity index is 1.52. The lowest BCUT2D eigenvalue weighted by Gasteiger charge is -2.21. The summed E-state index contributed by atoms with van der Waals surface area (Å²) in [4.78, 5) is 71.9. The van der Waals surface area contributed by atoms with Crippen molar-refractivity contribution in [3.63, 3.8) is 0 Å². The molecule has 0 unspecified atom stereocenters. The summed E-state index contributed by atoms with van der Waals surface area (Å²) in [5.41, 5.74) is 0.433. The lowest BCUT2D eigenvalue weighted by molar-refractivity contribution is -0.187. The Labute approximate surface area is 235 Å². The summed E-state index contributed by atoms with van der Waals surface area (Å²) >= 11 is 0. The molecule has 2 bridgehead atoms. The molecular formula is C32H24O9. The lowest BCUT2D eigenvalue weighted by atomic mass is 9.91. The van der Waals surface area contributed by atoms with Crippen LogP contribution >= 0.6 is 0 Å². The average molecular weight is 553 g/mol. The molecule has 1 aliphatic heterocycles. The summed E-state index contributed by atoms with van der Waals surface area (Å²) in [5.74, 6) is -2.17. The number of ether oxygens (including phenoxy) is 1. The van der Waals surface area contributed by atoms with E-state index >= 15 is 0 Å². The molecule has 0 amide bonds. The molecule has 0 aliphatic carbocycles. The molecule has 206 valence electrons. The van der Waals surface area contributed by atoms with Crippen LogP contribution in [0.2, 0.25) is 0 Å².